The number of carbonyl (C=O) groups excluding carboxylic acids is 1. The highest BCUT2D eigenvalue weighted by Crippen LogP contribution is 2.34. The summed E-state index contributed by atoms with van der Waals surface area (Å²) >= 11 is 1.53. The second-order valence-corrected chi connectivity index (χ2v) is 8.67. The highest BCUT2D eigenvalue weighted by atomic mass is 32.1. The molecule has 0 spiro atoms. The Bertz CT molecular complexity index is 1190. The van der Waals surface area contributed by atoms with Crippen LogP contribution in [0, 0.1) is 0 Å². The van der Waals surface area contributed by atoms with Crippen LogP contribution in [0.3, 0.4) is 0 Å². The largest absolute Gasteiger partial charge is 0.493 e. The molecule has 10 heteroatoms. The molecule has 2 amide bonds. The smallest absolute Gasteiger partial charge is 0.329 e. The van der Waals surface area contributed by atoms with Crippen molar-refractivity contribution in [3.05, 3.63) is 52.9 Å². The lowest BCUT2D eigenvalue weighted by Gasteiger charge is -2.40. The summed E-state index contributed by atoms with van der Waals surface area (Å²) in [4.78, 5) is 26.9. The first kappa shape index (κ1) is 22.3. The molecule has 1 fully saturated rings. The monoisotopic (exact) mass is 478 g/mol. The van der Waals surface area contributed by atoms with Crippen molar-refractivity contribution in [3.63, 3.8) is 0 Å². The van der Waals surface area contributed by atoms with Gasteiger partial charge in [-0.3, -0.25) is 14.8 Å². The number of ether oxygens (including phenoxy) is 2. The van der Waals surface area contributed by atoms with Crippen LogP contribution >= 0.6 is 11.3 Å². The van der Waals surface area contributed by atoms with Crippen LogP contribution in [0.5, 0.6) is 11.5 Å². The van der Waals surface area contributed by atoms with E-state index in [4.69, 9.17) is 19.5 Å². The third-order valence-corrected chi connectivity index (χ3v) is 6.56. The van der Waals surface area contributed by atoms with Crippen molar-refractivity contribution in [2.45, 2.75) is 6.29 Å². The SMILES string of the molecule is COc1ccc(-c2ccc3c(n2)C=NC(N2CCNCC2)N3C(=O)Nc2ccsc2)cc1OC. The van der Waals surface area contributed by atoms with E-state index in [1.54, 1.807) is 25.3 Å². The first-order chi connectivity index (χ1) is 16.7. The van der Waals surface area contributed by atoms with E-state index in [0.717, 1.165) is 48.8 Å². The second-order valence-electron chi connectivity index (χ2n) is 7.89. The molecule has 176 valence electrons. The molecule has 0 radical (unpaired) electrons. The maximum Gasteiger partial charge on any atom is 0.329 e. The molecule has 2 aliphatic heterocycles. The first-order valence-corrected chi connectivity index (χ1v) is 12.0. The van der Waals surface area contributed by atoms with Gasteiger partial charge >= 0.3 is 6.03 Å². The van der Waals surface area contributed by atoms with E-state index in [1.165, 1.54) is 11.3 Å². The van der Waals surface area contributed by atoms with Gasteiger partial charge < -0.3 is 20.1 Å². The Kier molecular flexibility index (Phi) is 6.43. The van der Waals surface area contributed by atoms with Gasteiger partial charge in [-0.05, 0) is 41.8 Å². The van der Waals surface area contributed by atoms with Gasteiger partial charge in [0.05, 0.1) is 37.5 Å². The average Bonchev–Trinajstić information content (AvgIpc) is 3.40. The third kappa shape index (κ3) is 4.35. The van der Waals surface area contributed by atoms with Gasteiger partial charge in [-0.2, -0.15) is 11.3 Å². The van der Waals surface area contributed by atoms with Crippen LogP contribution in [-0.4, -0.2) is 68.8 Å². The van der Waals surface area contributed by atoms with Gasteiger partial charge in [0.2, 0.25) is 0 Å². The molecular formula is C24H26N6O3S. The van der Waals surface area contributed by atoms with Crippen molar-refractivity contribution in [3.8, 4) is 22.8 Å². The quantitative estimate of drug-likeness (QED) is 0.583. The third-order valence-electron chi connectivity index (χ3n) is 5.87. The molecule has 34 heavy (non-hydrogen) atoms. The number of nitrogens with zero attached hydrogens (tertiary/aromatic N) is 4. The summed E-state index contributed by atoms with van der Waals surface area (Å²) < 4.78 is 10.8. The minimum atomic E-state index is -0.429. The predicted molar refractivity (Wildman–Crippen MR) is 134 cm³/mol. The standard InChI is InChI=1S/C24H26N6O3S/c1-32-21-6-3-16(13-22(21)33-2)18-4-5-20-19(28-18)14-26-23(29-10-8-25-9-11-29)30(20)24(31)27-17-7-12-34-15-17/h3-7,12-15,23,25H,8-11H2,1-2H3,(H,27,31). The van der Waals surface area contributed by atoms with Gasteiger partial charge in [-0.1, -0.05) is 0 Å². The number of pyridine rings is 1. The van der Waals surface area contributed by atoms with E-state index < -0.39 is 6.29 Å². The number of methoxy groups -OCH3 is 2. The summed E-state index contributed by atoms with van der Waals surface area (Å²) in [7, 11) is 3.21. The first-order valence-electron chi connectivity index (χ1n) is 11.0. The predicted octanol–water partition coefficient (Wildman–Crippen LogP) is 3.49. The van der Waals surface area contributed by atoms with E-state index in [2.05, 4.69) is 15.5 Å². The van der Waals surface area contributed by atoms with E-state index in [-0.39, 0.29) is 6.03 Å². The number of hydrogen-bond donors (Lipinski definition) is 2. The summed E-state index contributed by atoms with van der Waals surface area (Å²) in [6.45, 7) is 3.32. The zero-order valence-electron chi connectivity index (χ0n) is 19.0. The molecular weight excluding hydrogens is 452 g/mol. The van der Waals surface area contributed by atoms with E-state index >= 15 is 0 Å². The summed E-state index contributed by atoms with van der Waals surface area (Å²) in [6.07, 6.45) is 1.34. The number of aliphatic imine (C=N–C) groups is 1. The molecule has 1 unspecified atom stereocenters. The van der Waals surface area contributed by atoms with Crippen molar-refractivity contribution in [2.24, 2.45) is 4.99 Å². The zero-order valence-corrected chi connectivity index (χ0v) is 19.8. The maximum atomic E-state index is 13.4. The van der Waals surface area contributed by atoms with Crippen LogP contribution in [-0.2, 0) is 0 Å². The molecule has 1 atom stereocenters. The highest BCUT2D eigenvalue weighted by molar-refractivity contribution is 7.08. The normalized spacial score (nSPS) is 17.8. The summed E-state index contributed by atoms with van der Waals surface area (Å²) in [5, 5.41) is 10.2. The molecule has 5 rings (SSSR count). The number of rotatable bonds is 5. The van der Waals surface area contributed by atoms with Crippen molar-refractivity contribution >= 4 is 35.0 Å². The average molecular weight is 479 g/mol. The van der Waals surface area contributed by atoms with Gasteiger partial charge in [-0.15, -0.1) is 0 Å². The van der Waals surface area contributed by atoms with Crippen molar-refractivity contribution in [1.82, 2.24) is 15.2 Å². The van der Waals surface area contributed by atoms with Gasteiger partial charge in [0.1, 0.15) is 5.69 Å². The van der Waals surface area contributed by atoms with Crippen LogP contribution in [0.2, 0.25) is 0 Å². The summed E-state index contributed by atoms with van der Waals surface area (Å²) in [5.74, 6) is 1.28. The molecule has 2 N–H and O–H groups in total. The number of urea groups is 1. The second kappa shape index (κ2) is 9.80. The number of amides is 2. The van der Waals surface area contributed by atoms with Gasteiger partial charge in [0.25, 0.3) is 0 Å². The molecule has 3 aromatic rings. The molecule has 1 saturated heterocycles. The lowest BCUT2D eigenvalue weighted by Crippen LogP contribution is -2.58. The van der Waals surface area contributed by atoms with Crippen LogP contribution in [0.15, 0.2) is 52.2 Å². The lowest BCUT2D eigenvalue weighted by molar-refractivity contribution is 0.173. The van der Waals surface area contributed by atoms with Crippen LogP contribution in [0.4, 0.5) is 16.2 Å². The number of benzene rings is 1. The highest BCUT2D eigenvalue weighted by Gasteiger charge is 2.35. The Balaban J connectivity index is 1.50. The molecule has 0 saturated carbocycles. The lowest BCUT2D eigenvalue weighted by atomic mass is 10.1. The van der Waals surface area contributed by atoms with Gasteiger partial charge in [-0.25, -0.2) is 9.78 Å². The minimum absolute atomic E-state index is 0.235. The fourth-order valence-electron chi connectivity index (χ4n) is 4.16. The summed E-state index contributed by atoms with van der Waals surface area (Å²) in [5.41, 5.74) is 3.76. The van der Waals surface area contributed by atoms with Gasteiger partial charge in [0.15, 0.2) is 17.8 Å². The van der Waals surface area contributed by atoms with Crippen LogP contribution in [0.25, 0.3) is 11.3 Å². The molecule has 9 nitrogen and oxygen atoms in total. The molecule has 4 heterocycles. The number of thiophene rings is 1. The summed E-state index contributed by atoms with van der Waals surface area (Å²) in [6, 6.07) is 11.2. The fraction of sp³-hybridized carbons (Fsp3) is 0.292. The van der Waals surface area contributed by atoms with E-state index in [0.29, 0.717) is 17.2 Å². The number of anilines is 2. The number of aromatic nitrogens is 1. The zero-order chi connectivity index (χ0) is 23.5. The van der Waals surface area contributed by atoms with Crippen molar-refractivity contribution in [1.29, 1.82) is 0 Å². The van der Waals surface area contributed by atoms with Crippen LogP contribution < -0.4 is 25.0 Å². The maximum absolute atomic E-state index is 13.4. The topological polar surface area (TPSA) is 91.3 Å². The van der Waals surface area contributed by atoms with E-state index in [1.807, 2.05) is 47.2 Å². The van der Waals surface area contributed by atoms with Crippen molar-refractivity contribution in [2.75, 3.05) is 50.6 Å². The Morgan fingerprint density at radius 1 is 1.12 bits per heavy atom. The van der Waals surface area contributed by atoms with E-state index in [9.17, 15) is 4.79 Å². The number of piperazine rings is 1. The number of hydrogen-bond acceptors (Lipinski definition) is 8. The minimum Gasteiger partial charge on any atom is -0.493 e. The molecule has 2 aliphatic rings. The molecule has 0 aliphatic carbocycles. The Labute approximate surface area is 202 Å². The molecule has 1 aromatic carbocycles. The number of fused-ring (bicyclic) bond motifs is 1. The fourth-order valence-corrected chi connectivity index (χ4v) is 4.74. The van der Waals surface area contributed by atoms with Gasteiger partial charge in [0, 0.05) is 37.1 Å². The number of carbonyl (C=O) groups is 1. The number of nitrogens with one attached hydrogen (secondary N) is 2. The van der Waals surface area contributed by atoms with Crippen LogP contribution in [0.1, 0.15) is 5.69 Å². The molecule has 0 bridgehead atoms. The Morgan fingerprint density at radius 2 is 1.94 bits per heavy atom. The Morgan fingerprint density at radius 3 is 2.68 bits per heavy atom. The van der Waals surface area contributed by atoms with Crippen molar-refractivity contribution < 1.29 is 14.3 Å². The Hall–Kier alpha value is -3.47. The molecule has 2 aromatic heterocycles.